The second-order valence-electron chi connectivity index (χ2n) is 6.19. The van der Waals surface area contributed by atoms with Crippen molar-refractivity contribution in [2.45, 2.75) is 45.2 Å². The van der Waals surface area contributed by atoms with Crippen molar-refractivity contribution in [2.75, 3.05) is 39.8 Å². The Morgan fingerprint density at radius 3 is 2.76 bits per heavy atom. The van der Waals surface area contributed by atoms with Crippen LogP contribution in [-0.2, 0) is 0 Å². The van der Waals surface area contributed by atoms with Gasteiger partial charge >= 0.3 is 0 Å². The maximum atomic E-state index is 3.64. The third kappa shape index (κ3) is 3.67. The molecule has 0 aliphatic carbocycles. The molecule has 2 unspecified atom stereocenters. The molecule has 100 valence electrons. The molecule has 2 fully saturated rings. The van der Waals surface area contributed by atoms with Gasteiger partial charge in [0.1, 0.15) is 0 Å². The van der Waals surface area contributed by atoms with Crippen LogP contribution in [0.15, 0.2) is 0 Å². The fourth-order valence-electron chi connectivity index (χ4n) is 3.13. The van der Waals surface area contributed by atoms with E-state index in [9.17, 15) is 0 Å². The lowest BCUT2D eigenvalue weighted by molar-refractivity contribution is 0.101. The maximum Gasteiger partial charge on any atom is 0.0220 e. The largest absolute Gasteiger partial charge is 0.311 e. The van der Waals surface area contributed by atoms with Gasteiger partial charge in [0.2, 0.25) is 0 Å². The molecule has 1 N–H and O–H groups in total. The lowest BCUT2D eigenvalue weighted by Gasteiger charge is -2.41. The van der Waals surface area contributed by atoms with Gasteiger partial charge in [0.05, 0.1) is 0 Å². The average Bonchev–Trinajstić information content (AvgIpc) is 2.32. The van der Waals surface area contributed by atoms with Crippen LogP contribution in [0.5, 0.6) is 0 Å². The first-order chi connectivity index (χ1) is 8.16. The number of rotatable bonds is 3. The Hall–Kier alpha value is -0.120. The number of hydrogen-bond donors (Lipinski definition) is 1. The molecular formula is C14H29N3. The topological polar surface area (TPSA) is 18.5 Å². The molecule has 2 heterocycles. The molecule has 0 aromatic heterocycles. The quantitative estimate of drug-likeness (QED) is 0.803. The zero-order valence-corrected chi connectivity index (χ0v) is 11.8. The highest BCUT2D eigenvalue weighted by molar-refractivity contribution is 4.84. The molecule has 2 aliphatic rings. The number of piperidine rings is 1. The van der Waals surface area contributed by atoms with Crippen LogP contribution in [0, 0.1) is 5.92 Å². The monoisotopic (exact) mass is 239 g/mol. The van der Waals surface area contributed by atoms with Gasteiger partial charge in [-0.2, -0.15) is 0 Å². The van der Waals surface area contributed by atoms with Gasteiger partial charge in [-0.25, -0.2) is 0 Å². The molecule has 2 aliphatic heterocycles. The van der Waals surface area contributed by atoms with Crippen LogP contribution in [0.25, 0.3) is 0 Å². The van der Waals surface area contributed by atoms with Crippen molar-refractivity contribution in [1.29, 1.82) is 0 Å². The highest BCUT2D eigenvalue weighted by Crippen LogP contribution is 2.17. The summed E-state index contributed by atoms with van der Waals surface area (Å²) in [7, 11) is 2.30. The Morgan fingerprint density at radius 2 is 2.06 bits per heavy atom. The van der Waals surface area contributed by atoms with Crippen molar-refractivity contribution in [3.63, 3.8) is 0 Å². The van der Waals surface area contributed by atoms with Gasteiger partial charge in [0.15, 0.2) is 0 Å². The number of likely N-dealkylation sites (N-methyl/N-ethyl adjacent to an activating group) is 1. The first-order valence-electron chi connectivity index (χ1n) is 7.33. The van der Waals surface area contributed by atoms with Crippen LogP contribution in [0.4, 0.5) is 0 Å². The van der Waals surface area contributed by atoms with Crippen molar-refractivity contribution in [2.24, 2.45) is 5.92 Å². The minimum absolute atomic E-state index is 0.692. The van der Waals surface area contributed by atoms with E-state index in [0.717, 1.165) is 12.0 Å². The fourth-order valence-corrected chi connectivity index (χ4v) is 3.13. The summed E-state index contributed by atoms with van der Waals surface area (Å²) in [4.78, 5) is 5.24. The van der Waals surface area contributed by atoms with Gasteiger partial charge < -0.3 is 10.2 Å². The number of likely N-dealkylation sites (tertiary alicyclic amines) is 1. The van der Waals surface area contributed by atoms with E-state index >= 15 is 0 Å². The van der Waals surface area contributed by atoms with Gasteiger partial charge in [-0.1, -0.05) is 20.3 Å². The summed E-state index contributed by atoms with van der Waals surface area (Å²) in [6.07, 6.45) is 4.21. The van der Waals surface area contributed by atoms with Crippen molar-refractivity contribution < 1.29 is 0 Å². The van der Waals surface area contributed by atoms with Crippen LogP contribution in [-0.4, -0.2) is 61.7 Å². The highest BCUT2D eigenvalue weighted by atomic mass is 15.2. The number of piperazine rings is 1. The minimum Gasteiger partial charge on any atom is -0.311 e. The number of hydrogen-bond acceptors (Lipinski definition) is 3. The lowest BCUT2D eigenvalue weighted by Crippen LogP contribution is -2.56. The first-order valence-corrected chi connectivity index (χ1v) is 7.33. The van der Waals surface area contributed by atoms with Crippen LogP contribution >= 0.6 is 0 Å². The molecule has 0 saturated carbocycles. The smallest absolute Gasteiger partial charge is 0.0220 e. The second kappa shape index (κ2) is 6.17. The van der Waals surface area contributed by atoms with Crippen molar-refractivity contribution in [1.82, 2.24) is 15.1 Å². The molecule has 2 atom stereocenters. The molecule has 3 nitrogen and oxygen atoms in total. The van der Waals surface area contributed by atoms with E-state index in [2.05, 4.69) is 36.0 Å². The summed E-state index contributed by atoms with van der Waals surface area (Å²) < 4.78 is 0. The molecule has 17 heavy (non-hydrogen) atoms. The summed E-state index contributed by atoms with van der Waals surface area (Å²) >= 11 is 0. The SMILES string of the molecule is CC(C)C1CN(CC2CCCCN2C)CCN1. The molecule has 0 aromatic rings. The van der Waals surface area contributed by atoms with Gasteiger partial charge in [0, 0.05) is 38.3 Å². The predicted octanol–water partition coefficient (Wildman–Crippen LogP) is 1.40. The summed E-state index contributed by atoms with van der Waals surface area (Å²) in [5, 5.41) is 3.64. The van der Waals surface area contributed by atoms with Crippen molar-refractivity contribution in [3.8, 4) is 0 Å². The van der Waals surface area contributed by atoms with Crippen LogP contribution in [0.1, 0.15) is 33.1 Å². The van der Waals surface area contributed by atoms with Crippen LogP contribution in [0.3, 0.4) is 0 Å². The summed E-state index contributed by atoms with van der Waals surface area (Å²) in [6.45, 7) is 10.9. The zero-order chi connectivity index (χ0) is 12.3. The van der Waals surface area contributed by atoms with Gasteiger partial charge in [-0.05, 0) is 32.4 Å². The van der Waals surface area contributed by atoms with Gasteiger partial charge in [-0.15, -0.1) is 0 Å². The third-order valence-electron chi connectivity index (χ3n) is 4.48. The normalized spacial score (nSPS) is 33.2. The molecule has 0 spiro atoms. The van der Waals surface area contributed by atoms with E-state index in [1.807, 2.05) is 0 Å². The summed E-state index contributed by atoms with van der Waals surface area (Å²) in [5.74, 6) is 0.752. The van der Waals surface area contributed by atoms with Gasteiger partial charge in [-0.3, -0.25) is 4.90 Å². The Kier molecular flexibility index (Phi) is 4.83. The maximum absolute atomic E-state index is 3.64. The van der Waals surface area contributed by atoms with E-state index < -0.39 is 0 Å². The summed E-state index contributed by atoms with van der Waals surface area (Å²) in [6, 6.07) is 1.49. The molecule has 2 rings (SSSR count). The molecule has 2 saturated heterocycles. The predicted molar refractivity (Wildman–Crippen MR) is 73.3 cm³/mol. The van der Waals surface area contributed by atoms with Crippen molar-refractivity contribution >= 4 is 0 Å². The minimum atomic E-state index is 0.692. The third-order valence-corrected chi connectivity index (χ3v) is 4.48. The average molecular weight is 239 g/mol. The van der Waals surface area contributed by atoms with Gasteiger partial charge in [0.25, 0.3) is 0 Å². The Bertz CT molecular complexity index is 230. The lowest BCUT2D eigenvalue weighted by atomic mass is 9.99. The molecule has 0 bridgehead atoms. The van der Waals surface area contributed by atoms with E-state index in [-0.39, 0.29) is 0 Å². The molecule has 0 amide bonds. The molecule has 0 radical (unpaired) electrons. The zero-order valence-electron chi connectivity index (χ0n) is 11.8. The van der Waals surface area contributed by atoms with E-state index in [1.54, 1.807) is 0 Å². The Morgan fingerprint density at radius 1 is 1.24 bits per heavy atom. The Balaban J connectivity index is 1.81. The fraction of sp³-hybridized carbons (Fsp3) is 1.00. The highest BCUT2D eigenvalue weighted by Gasteiger charge is 2.26. The molecule has 3 heteroatoms. The van der Waals surface area contributed by atoms with E-state index in [1.165, 1.54) is 52.0 Å². The second-order valence-corrected chi connectivity index (χ2v) is 6.19. The van der Waals surface area contributed by atoms with E-state index in [4.69, 9.17) is 0 Å². The number of nitrogens with zero attached hydrogens (tertiary/aromatic N) is 2. The standard InChI is InChI=1S/C14H29N3/c1-12(2)14-11-17(9-7-15-14)10-13-6-4-5-8-16(13)3/h12-15H,4-11H2,1-3H3. The van der Waals surface area contributed by atoms with Crippen LogP contribution < -0.4 is 5.32 Å². The molecule has 0 aromatic carbocycles. The van der Waals surface area contributed by atoms with Crippen LogP contribution in [0.2, 0.25) is 0 Å². The molecular weight excluding hydrogens is 210 g/mol. The summed E-state index contributed by atoms with van der Waals surface area (Å²) in [5.41, 5.74) is 0. The van der Waals surface area contributed by atoms with E-state index in [0.29, 0.717) is 6.04 Å². The van der Waals surface area contributed by atoms with Crippen molar-refractivity contribution in [3.05, 3.63) is 0 Å². The first kappa shape index (κ1) is 13.3. The Labute approximate surface area is 107 Å². The number of nitrogens with one attached hydrogen (secondary N) is 1.